The Hall–Kier alpha value is -1.91. The predicted octanol–water partition coefficient (Wildman–Crippen LogP) is 2.85. The molecule has 1 amide bonds. The molecule has 0 unspecified atom stereocenters. The van der Waals surface area contributed by atoms with E-state index >= 15 is 0 Å². The summed E-state index contributed by atoms with van der Waals surface area (Å²) in [7, 11) is 0. The minimum atomic E-state index is -0.604. The van der Waals surface area contributed by atoms with E-state index in [0.29, 0.717) is 12.8 Å². The van der Waals surface area contributed by atoms with E-state index in [1.54, 1.807) is 32.9 Å². The molecule has 1 N–H and O–H groups in total. The van der Waals surface area contributed by atoms with Crippen molar-refractivity contribution in [1.82, 2.24) is 5.32 Å². The number of carbonyl (C=O) groups is 2. The molecule has 1 aromatic rings. The van der Waals surface area contributed by atoms with Crippen molar-refractivity contribution in [3.63, 3.8) is 0 Å². The monoisotopic (exact) mass is 281 g/mol. The van der Waals surface area contributed by atoms with E-state index in [4.69, 9.17) is 4.74 Å². The van der Waals surface area contributed by atoms with Gasteiger partial charge in [0.05, 0.1) is 6.54 Å². The zero-order valence-electron chi connectivity index (χ0n) is 12.0. The first kappa shape index (κ1) is 16.1. The minimum Gasteiger partial charge on any atom is -0.444 e. The molecule has 0 heterocycles. The number of ether oxygens (including phenoxy) is 1. The Kier molecular flexibility index (Phi) is 5.67. The van der Waals surface area contributed by atoms with Gasteiger partial charge in [0.1, 0.15) is 11.4 Å². The van der Waals surface area contributed by atoms with Crippen LogP contribution in [0.3, 0.4) is 0 Å². The van der Waals surface area contributed by atoms with E-state index in [1.807, 2.05) is 0 Å². The second-order valence-corrected chi connectivity index (χ2v) is 5.52. The Morgan fingerprint density at radius 1 is 1.20 bits per heavy atom. The molecule has 110 valence electrons. The van der Waals surface area contributed by atoms with Crippen LogP contribution < -0.4 is 5.32 Å². The van der Waals surface area contributed by atoms with Crippen molar-refractivity contribution in [2.75, 3.05) is 6.54 Å². The van der Waals surface area contributed by atoms with Gasteiger partial charge in [-0.1, -0.05) is 12.1 Å². The Bertz CT molecular complexity index is 463. The quantitative estimate of drug-likeness (QED) is 0.903. The summed E-state index contributed by atoms with van der Waals surface area (Å²) >= 11 is 0. The molecule has 0 aliphatic rings. The van der Waals surface area contributed by atoms with Crippen molar-refractivity contribution in [3.8, 4) is 0 Å². The van der Waals surface area contributed by atoms with Crippen molar-refractivity contribution in [3.05, 3.63) is 35.6 Å². The van der Waals surface area contributed by atoms with Crippen molar-refractivity contribution < 1.29 is 18.7 Å². The Labute approximate surface area is 118 Å². The van der Waals surface area contributed by atoms with Gasteiger partial charge in [0.25, 0.3) is 0 Å². The first-order chi connectivity index (χ1) is 9.26. The summed E-state index contributed by atoms with van der Waals surface area (Å²) in [6.45, 7) is 5.20. The molecule has 20 heavy (non-hydrogen) atoms. The van der Waals surface area contributed by atoms with Gasteiger partial charge in [0, 0.05) is 6.42 Å². The van der Waals surface area contributed by atoms with Crippen LogP contribution in [0.1, 0.15) is 32.8 Å². The van der Waals surface area contributed by atoms with E-state index in [9.17, 15) is 14.0 Å². The number of amides is 1. The molecule has 0 fully saturated rings. The second-order valence-electron chi connectivity index (χ2n) is 5.52. The molecule has 4 nitrogen and oxygen atoms in total. The number of hydrogen-bond donors (Lipinski definition) is 1. The molecule has 0 saturated heterocycles. The predicted molar refractivity (Wildman–Crippen MR) is 74.0 cm³/mol. The summed E-state index contributed by atoms with van der Waals surface area (Å²) in [6, 6.07) is 6.01. The lowest BCUT2D eigenvalue weighted by atomic mass is 10.1. The molecule has 0 radical (unpaired) electrons. The fourth-order valence-corrected chi connectivity index (χ4v) is 1.51. The highest BCUT2D eigenvalue weighted by Crippen LogP contribution is 2.07. The standard InChI is InChI=1S/C15H20FNO3/c1-15(2,3)20-14(19)17-10-13(18)9-6-11-4-7-12(16)8-5-11/h4-5,7-8H,6,9-10H2,1-3H3,(H,17,19). The Morgan fingerprint density at radius 3 is 2.35 bits per heavy atom. The molecule has 0 aliphatic carbocycles. The minimum absolute atomic E-state index is 0.0594. The number of rotatable bonds is 5. The molecule has 0 bridgehead atoms. The topological polar surface area (TPSA) is 55.4 Å². The van der Waals surface area contributed by atoms with Crippen LogP contribution in [0.2, 0.25) is 0 Å². The number of ketones is 1. The highest BCUT2D eigenvalue weighted by molar-refractivity contribution is 5.84. The zero-order chi connectivity index (χ0) is 15.2. The van der Waals surface area contributed by atoms with Gasteiger partial charge in [-0.05, 0) is 44.9 Å². The summed E-state index contributed by atoms with van der Waals surface area (Å²) in [4.78, 5) is 23.0. The molecule has 5 heteroatoms. The van der Waals surface area contributed by atoms with Crippen LogP contribution in [-0.4, -0.2) is 24.0 Å². The number of carbonyl (C=O) groups excluding carboxylic acids is 2. The van der Waals surface area contributed by atoms with Gasteiger partial charge >= 0.3 is 6.09 Å². The van der Waals surface area contributed by atoms with Crippen molar-refractivity contribution in [2.45, 2.75) is 39.2 Å². The number of alkyl carbamates (subject to hydrolysis) is 1. The molecule has 1 aromatic carbocycles. The SMILES string of the molecule is CC(C)(C)OC(=O)NCC(=O)CCc1ccc(F)cc1. The Balaban J connectivity index is 2.27. The number of aryl methyl sites for hydroxylation is 1. The lowest BCUT2D eigenvalue weighted by Gasteiger charge is -2.19. The fraction of sp³-hybridized carbons (Fsp3) is 0.467. The number of nitrogens with one attached hydrogen (secondary N) is 1. The number of halogens is 1. The largest absolute Gasteiger partial charge is 0.444 e. The number of Topliss-reactive ketones (excluding diaryl/α,β-unsaturated/α-hetero) is 1. The molecule has 0 saturated carbocycles. The fourth-order valence-electron chi connectivity index (χ4n) is 1.51. The summed E-state index contributed by atoms with van der Waals surface area (Å²) in [5.74, 6) is -0.396. The van der Waals surface area contributed by atoms with Crippen LogP contribution in [-0.2, 0) is 16.0 Å². The molecule has 0 aromatic heterocycles. The van der Waals surface area contributed by atoms with Gasteiger partial charge in [-0.3, -0.25) is 4.79 Å². The van der Waals surface area contributed by atoms with Gasteiger partial charge in [-0.2, -0.15) is 0 Å². The maximum Gasteiger partial charge on any atom is 0.408 e. The number of hydrogen-bond acceptors (Lipinski definition) is 3. The molecule has 1 rings (SSSR count). The van der Waals surface area contributed by atoms with Gasteiger partial charge < -0.3 is 10.1 Å². The average Bonchev–Trinajstić information content (AvgIpc) is 2.33. The van der Waals surface area contributed by atoms with Gasteiger partial charge in [-0.15, -0.1) is 0 Å². The highest BCUT2D eigenvalue weighted by atomic mass is 19.1. The van der Waals surface area contributed by atoms with E-state index in [1.165, 1.54) is 12.1 Å². The van der Waals surface area contributed by atoms with Gasteiger partial charge in [0.2, 0.25) is 0 Å². The maximum absolute atomic E-state index is 12.7. The molecule has 0 aliphatic heterocycles. The van der Waals surface area contributed by atoms with Crippen LogP contribution >= 0.6 is 0 Å². The lowest BCUT2D eigenvalue weighted by Crippen LogP contribution is -2.35. The van der Waals surface area contributed by atoms with Crippen LogP contribution in [0, 0.1) is 5.82 Å². The van der Waals surface area contributed by atoms with E-state index in [2.05, 4.69) is 5.32 Å². The van der Waals surface area contributed by atoms with Crippen molar-refractivity contribution in [1.29, 1.82) is 0 Å². The third-order valence-electron chi connectivity index (χ3n) is 2.43. The maximum atomic E-state index is 12.7. The van der Waals surface area contributed by atoms with E-state index in [0.717, 1.165) is 5.56 Å². The third kappa shape index (κ3) is 6.87. The van der Waals surface area contributed by atoms with Crippen LogP contribution in [0.4, 0.5) is 9.18 Å². The Morgan fingerprint density at radius 2 is 1.80 bits per heavy atom. The molecule has 0 spiro atoms. The number of benzene rings is 1. The molecular formula is C15H20FNO3. The smallest absolute Gasteiger partial charge is 0.408 e. The first-order valence-corrected chi connectivity index (χ1v) is 6.49. The van der Waals surface area contributed by atoms with E-state index in [-0.39, 0.29) is 18.1 Å². The van der Waals surface area contributed by atoms with Crippen molar-refractivity contribution in [2.24, 2.45) is 0 Å². The van der Waals surface area contributed by atoms with Crippen LogP contribution in [0.25, 0.3) is 0 Å². The van der Waals surface area contributed by atoms with Crippen LogP contribution in [0.15, 0.2) is 24.3 Å². The lowest BCUT2D eigenvalue weighted by molar-refractivity contribution is -0.118. The third-order valence-corrected chi connectivity index (χ3v) is 2.43. The summed E-state index contributed by atoms with van der Waals surface area (Å²) in [5, 5.41) is 2.41. The normalized spacial score (nSPS) is 11.0. The van der Waals surface area contributed by atoms with E-state index < -0.39 is 11.7 Å². The average molecular weight is 281 g/mol. The summed E-state index contributed by atoms with van der Waals surface area (Å²) in [6.07, 6.45) is 0.212. The summed E-state index contributed by atoms with van der Waals surface area (Å²) in [5.41, 5.74) is 0.304. The molecule has 0 atom stereocenters. The summed E-state index contributed by atoms with van der Waals surface area (Å²) < 4.78 is 17.7. The first-order valence-electron chi connectivity index (χ1n) is 6.49. The zero-order valence-corrected chi connectivity index (χ0v) is 12.0. The molecular weight excluding hydrogens is 261 g/mol. The highest BCUT2D eigenvalue weighted by Gasteiger charge is 2.16. The van der Waals surface area contributed by atoms with Crippen LogP contribution in [0.5, 0.6) is 0 Å². The van der Waals surface area contributed by atoms with Gasteiger partial charge in [-0.25, -0.2) is 9.18 Å². The van der Waals surface area contributed by atoms with Gasteiger partial charge in [0.15, 0.2) is 5.78 Å². The second kappa shape index (κ2) is 7.03. The van der Waals surface area contributed by atoms with Crippen molar-refractivity contribution >= 4 is 11.9 Å².